The SMILES string of the molecule is Cc1nn(Cc2ccc(Cl)cc2F)c2c1CCN(C(=O)CCCCC(=O)O)C2. The number of carbonyl (C=O) groups is 2. The van der Waals surface area contributed by atoms with Crippen molar-refractivity contribution in [1.29, 1.82) is 0 Å². The van der Waals surface area contributed by atoms with Gasteiger partial charge in [0.25, 0.3) is 0 Å². The van der Waals surface area contributed by atoms with E-state index in [9.17, 15) is 14.0 Å². The van der Waals surface area contributed by atoms with Crippen LogP contribution in [0, 0.1) is 12.7 Å². The summed E-state index contributed by atoms with van der Waals surface area (Å²) in [5.74, 6) is -1.21. The second-order valence-corrected chi connectivity index (χ2v) is 7.51. The van der Waals surface area contributed by atoms with Crippen molar-refractivity contribution in [3.63, 3.8) is 0 Å². The van der Waals surface area contributed by atoms with Crippen LogP contribution in [0.4, 0.5) is 4.39 Å². The number of fused-ring (bicyclic) bond motifs is 1. The summed E-state index contributed by atoms with van der Waals surface area (Å²) >= 11 is 5.82. The monoisotopic (exact) mass is 407 g/mol. The molecule has 1 N–H and O–H groups in total. The molecular weight excluding hydrogens is 385 g/mol. The van der Waals surface area contributed by atoms with Crippen molar-refractivity contribution < 1.29 is 19.1 Å². The van der Waals surface area contributed by atoms with Gasteiger partial charge in [0.2, 0.25) is 5.91 Å². The fraction of sp³-hybridized carbons (Fsp3) is 0.450. The van der Waals surface area contributed by atoms with E-state index in [4.69, 9.17) is 16.7 Å². The summed E-state index contributed by atoms with van der Waals surface area (Å²) in [6.45, 7) is 3.26. The Morgan fingerprint density at radius 3 is 2.75 bits per heavy atom. The van der Waals surface area contributed by atoms with Crippen LogP contribution in [0.2, 0.25) is 5.02 Å². The molecule has 2 heterocycles. The Hall–Kier alpha value is -2.41. The standard InChI is InChI=1S/C20H23ClFN3O3/c1-13-16-8-9-24(19(26)4-2-3-5-20(27)28)12-18(16)25(23-13)11-14-6-7-15(21)10-17(14)22/h6-7,10H,2-5,8-9,11-12H2,1H3,(H,27,28). The van der Waals surface area contributed by atoms with Crippen molar-refractivity contribution in [2.45, 2.75) is 52.1 Å². The highest BCUT2D eigenvalue weighted by molar-refractivity contribution is 6.30. The number of rotatable bonds is 7. The number of amides is 1. The molecule has 8 heteroatoms. The van der Waals surface area contributed by atoms with Gasteiger partial charge in [0.05, 0.1) is 24.5 Å². The molecule has 1 aliphatic rings. The first-order chi connectivity index (χ1) is 13.3. The van der Waals surface area contributed by atoms with Gasteiger partial charge in [-0.1, -0.05) is 17.7 Å². The minimum atomic E-state index is -0.844. The van der Waals surface area contributed by atoms with Crippen LogP contribution < -0.4 is 0 Å². The number of hydrogen-bond acceptors (Lipinski definition) is 3. The molecule has 1 aliphatic heterocycles. The first-order valence-corrected chi connectivity index (χ1v) is 9.71. The van der Waals surface area contributed by atoms with Gasteiger partial charge in [-0.05, 0) is 43.9 Å². The lowest BCUT2D eigenvalue weighted by molar-refractivity contribution is -0.137. The number of carboxylic acids is 1. The van der Waals surface area contributed by atoms with Gasteiger partial charge in [0.1, 0.15) is 5.82 Å². The van der Waals surface area contributed by atoms with Gasteiger partial charge in [-0.2, -0.15) is 5.10 Å². The number of carboxylic acid groups (broad SMARTS) is 1. The Morgan fingerprint density at radius 2 is 2.04 bits per heavy atom. The summed E-state index contributed by atoms with van der Waals surface area (Å²) in [7, 11) is 0. The zero-order valence-corrected chi connectivity index (χ0v) is 16.5. The van der Waals surface area contributed by atoms with Gasteiger partial charge in [0.15, 0.2) is 0 Å². The number of aliphatic carboxylic acids is 1. The molecule has 1 aromatic heterocycles. The normalized spacial score (nSPS) is 13.5. The van der Waals surface area contributed by atoms with E-state index in [1.165, 1.54) is 6.07 Å². The molecule has 0 aliphatic carbocycles. The fourth-order valence-corrected chi connectivity index (χ4v) is 3.70. The first kappa shape index (κ1) is 20.3. The van der Waals surface area contributed by atoms with E-state index in [0.29, 0.717) is 49.4 Å². The maximum atomic E-state index is 14.2. The van der Waals surface area contributed by atoms with E-state index >= 15 is 0 Å². The number of benzene rings is 1. The Kier molecular flexibility index (Phi) is 6.34. The third-order valence-electron chi connectivity index (χ3n) is 5.06. The fourth-order valence-electron chi connectivity index (χ4n) is 3.54. The molecule has 28 heavy (non-hydrogen) atoms. The average molecular weight is 408 g/mol. The molecule has 0 saturated heterocycles. The molecule has 0 atom stereocenters. The van der Waals surface area contributed by atoms with Crippen LogP contribution in [0.25, 0.3) is 0 Å². The van der Waals surface area contributed by atoms with Crippen molar-refractivity contribution in [3.05, 3.63) is 51.6 Å². The Balaban J connectivity index is 1.69. The third kappa shape index (κ3) is 4.70. The van der Waals surface area contributed by atoms with E-state index in [1.54, 1.807) is 21.7 Å². The molecule has 0 fully saturated rings. The summed E-state index contributed by atoms with van der Waals surface area (Å²) in [4.78, 5) is 24.8. The Bertz CT molecular complexity index is 897. The minimum Gasteiger partial charge on any atom is -0.481 e. The van der Waals surface area contributed by atoms with E-state index < -0.39 is 5.97 Å². The smallest absolute Gasteiger partial charge is 0.303 e. The van der Waals surface area contributed by atoms with Crippen LogP contribution in [0.3, 0.4) is 0 Å². The summed E-state index contributed by atoms with van der Waals surface area (Å²) in [5.41, 5.74) is 3.44. The summed E-state index contributed by atoms with van der Waals surface area (Å²) < 4.78 is 15.9. The zero-order valence-electron chi connectivity index (χ0n) is 15.8. The maximum absolute atomic E-state index is 14.2. The van der Waals surface area contributed by atoms with Gasteiger partial charge in [-0.25, -0.2) is 4.39 Å². The lowest BCUT2D eigenvalue weighted by Crippen LogP contribution is -2.36. The molecule has 1 aromatic carbocycles. The van der Waals surface area contributed by atoms with E-state index in [-0.39, 0.29) is 24.7 Å². The molecule has 2 aromatic rings. The van der Waals surface area contributed by atoms with Crippen molar-refractivity contribution >= 4 is 23.5 Å². The van der Waals surface area contributed by atoms with Crippen molar-refractivity contribution in [2.24, 2.45) is 0 Å². The molecule has 1 amide bonds. The number of aryl methyl sites for hydroxylation is 1. The predicted molar refractivity (Wildman–Crippen MR) is 103 cm³/mol. The average Bonchev–Trinajstić information content (AvgIpc) is 2.96. The summed E-state index contributed by atoms with van der Waals surface area (Å²) in [5, 5.41) is 13.6. The highest BCUT2D eigenvalue weighted by atomic mass is 35.5. The van der Waals surface area contributed by atoms with E-state index in [2.05, 4.69) is 5.10 Å². The van der Waals surface area contributed by atoms with Crippen molar-refractivity contribution in [2.75, 3.05) is 6.54 Å². The van der Waals surface area contributed by atoms with E-state index in [1.807, 2.05) is 6.92 Å². The van der Waals surface area contributed by atoms with Gasteiger partial charge in [-0.15, -0.1) is 0 Å². The number of aromatic nitrogens is 2. The van der Waals surface area contributed by atoms with Gasteiger partial charge in [-0.3, -0.25) is 14.3 Å². The quantitative estimate of drug-likeness (QED) is 0.712. The molecule has 0 radical (unpaired) electrons. The van der Waals surface area contributed by atoms with Crippen LogP contribution in [0.5, 0.6) is 0 Å². The number of halogens is 2. The molecular formula is C20H23ClFN3O3. The largest absolute Gasteiger partial charge is 0.481 e. The minimum absolute atomic E-state index is 0.0131. The highest BCUT2D eigenvalue weighted by Gasteiger charge is 2.26. The molecule has 3 rings (SSSR count). The maximum Gasteiger partial charge on any atom is 0.303 e. The summed E-state index contributed by atoms with van der Waals surface area (Å²) in [6.07, 6.45) is 2.18. The van der Waals surface area contributed by atoms with Crippen molar-refractivity contribution in [3.8, 4) is 0 Å². The van der Waals surface area contributed by atoms with E-state index in [0.717, 1.165) is 17.0 Å². The topological polar surface area (TPSA) is 75.4 Å². The zero-order chi connectivity index (χ0) is 20.3. The van der Waals surface area contributed by atoms with Gasteiger partial charge < -0.3 is 10.0 Å². The molecule has 0 saturated carbocycles. The molecule has 6 nitrogen and oxygen atoms in total. The number of carbonyl (C=O) groups excluding carboxylic acids is 1. The lowest BCUT2D eigenvalue weighted by Gasteiger charge is -2.28. The van der Waals surface area contributed by atoms with Crippen LogP contribution in [0.1, 0.15) is 48.2 Å². The van der Waals surface area contributed by atoms with Crippen molar-refractivity contribution in [1.82, 2.24) is 14.7 Å². The molecule has 0 bridgehead atoms. The Labute approximate surface area is 167 Å². The number of unbranched alkanes of at least 4 members (excludes halogenated alkanes) is 1. The third-order valence-corrected chi connectivity index (χ3v) is 5.29. The molecule has 0 unspecified atom stereocenters. The number of hydrogen-bond donors (Lipinski definition) is 1. The number of nitrogens with zero attached hydrogens (tertiary/aromatic N) is 3. The lowest BCUT2D eigenvalue weighted by atomic mass is 10.0. The van der Waals surface area contributed by atoms with Crippen LogP contribution in [-0.2, 0) is 29.1 Å². The first-order valence-electron chi connectivity index (χ1n) is 9.34. The summed E-state index contributed by atoms with van der Waals surface area (Å²) in [6, 6.07) is 4.58. The second kappa shape index (κ2) is 8.73. The van der Waals surface area contributed by atoms with Gasteiger partial charge in [0, 0.05) is 30.0 Å². The highest BCUT2D eigenvalue weighted by Crippen LogP contribution is 2.25. The Morgan fingerprint density at radius 1 is 1.29 bits per heavy atom. The molecule has 0 spiro atoms. The molecule has 150 valence electrons. The van der Waals surface area contributed by atoms with Crippen LogP contribution in [0.15, 0.2) is 18.2 Å². The van der Waals surface area contributed by atoms with Gasteiger partial charge >= 0.3 is 5.97 Å². The van der Waals surface area contributed by atoms with Crippen LogP contribution >= 0.6 is 11.6 Å². The second-order valence-electron chi connectivity index (χ2n) is 7.07. The predicted octanol–water partition coefficient (Wildman–Crippen LogP) is 3.56. The van der Waals surface area contributed by atoms with Crippen LogP contribution in [-0.4, -0.2) is 38.2 Å².